The number of nitrogens with one attached hydrogen (secondary N) is 5. The van der Waals surface area contributed by atoms with E-state index in [1.54, 1.807) is 24.3 Å². The number of piperidine rings is 2. The summed E-state index contributed by atoms with van der Waals surface area (Å²) in [6, 6.07) is 10.0. The number of aromatic nitrogens is 12. The maximum Gasteiger partial charge on any atom is 0.453 e. The summed E-state index contributed by atoms with van der Waals surface area (Å²) >= 11 is 5.71. The average molecular weight is 1080 g/mol. The Morgan fingerprint density at radius 2 is 1.04 bits per heavy atom. The molecule has 0 atom stereocenters. The van der Waals surface area contributed by atoms with E-state index in [2.05, 4.69) is 133 Å². The first kappa shape index (κ1) is 54.8. The molecule has 0 amide bonds. The lowest BCUT2D eigenvalue weighted by Gasteiger charge is -2.46. The van der Waals surface area contributed by atoms with Gasteiger partial charge in [-0.2, -0.15) is 45.7 Å². The molecule has 4 fully saturated rings. The Bertz CT molecular complexity index is 2950. The highest BCUT2D eigenvalue weighted by molar-refractivity contribution is 6.28. The summed E-state index contributed by atoms with van der Waals surface area (Å²) < 4.78 is 109. The van der Waals surface area contributed by atoms with E-state index in [1.165, 1.54) is 12.1 Å². The van der Waals surface area contributed by atoms with E-state index in [0.29, 0.717) is 26.4 Å². The van der Waals surface area contributed by atoms with Crippen LogP contribution in [0.15, 0.2) is 48.8 Å². The van der Waals surface area contributed by atoms with Crippen LogP contribution in [-0.2, 0) is 12.4 Å². The van der Waals surface area contributed by atoms with Gasteiger partial charge in [0.2, 0.25) is 11.2 Å². The van der Waals surface area contributed by atoms with Crippen LogP contribution in [0.1, 0.15) is 141 Å². The van der Waals surface area contributed by atoms with Crippen molar-refractivity contribution < 1.29 is 35.1 Å². The normalized spacial score (nSPS) is 19.3. The number of nitrogens with two attached hydrogens (primary N) is 1. The van der Waals surface area contributed by atoms with Crippen LogP contribution in [0.25, 0.3) is 11.4 Å². The van der Waals surface area contributed by atoms with Gasteiger partial charge in [0.25, 0.3) is 11.6 Å². The second kappa shape index (κ2) is 20.6. The molecule has 2 aliphatic heterocycles. The highest BCUT2D eigenvalue weighted by Gasteiger charge is 2.42. The molecule has 2 aliphatic carbocycles. The van der Waals surface area contributed by atoms with Crippen LogP contribution in [0, 0.1) is 11.6 Å². The van der Waals surface area contributed by atoms with Gasteiger partial charge in [-0.3, -0.25) is 0 Å². The van der Waals surface area contributed by atoms with Gasteiger partial charge in [-0.1, -0.05) is 12.1 Å². The van der Waals surface area contributed by atoms with E-state index in [-0.39, 0.29) is 74.6 Å². The number of rotatable bonds is 10. The number of tetrazole rings is 2. The molecule has 4 aliphatic rings. The monoisotopic (exact) mass is 1070 g/mol. The predicted octanol–water partition coefficient (Wildman–Crippen LogP) is 10.1. The largest absolute Gasteiger partial charge is 0.453 e. The minimum absolute atomic E-state index is 0.00722. The van der Waals surface area contributed by atoms with Crippen molar-refractivity contribution in [3.05, 3.63) is 88.5 Å². The molecule has 6 heterocycles. The van der Waals surface area contributed by atoms with E-state index < -0.39 is 35.6 Å². The van der Waals surface area contributed by atoms with Gasteiger partial charge in [0, 0.05) is 45.6 Å². The predicted molar refractivity (Wildman–Crippen MR) is 265 cm³/mol. The number of alkyl halides is 6. The van der Waals surface area contributed by atoms with Gasteiger partial charge >= 0.3 is 12.4 Å². The summed E-state index contributed by atoms with van der Waals surface area (Å²) in [5.74, 6) is -2.65. The Morgan fingerprint density at radius 3 is 1.49 bits per heavy atom. The van der Waals surface area contributed by atoms with Crippen molar-refractivity contribution in [3.63, 3.8) is 0 Å². The van der Waals surface area contributed by atoms with Crippen molar-refractivity contribution in [3.8, 4) is 11.4 Å². The van der Waals surface area contributed by atoms with Crippen LogP contribution in [-0.4, -0.2) is 94.6 Å². The van der Waals surface area contributed by atoms with Gasteiger partial charge in [0.05, 0.1) is 23.8 Å². The molecule has 2 saturated heterocycles. The van der Waals surface area contributed by atoms with E-state index in [1.807, 2.05) is 0 Å². The van der Waals surface area contributed by atoms with Crippen molar-refractivity contribution in [2.24, 2.45) is 0 Å². The molecular formula is C48H59ClF8N18. The van der Waals surface area contributed by atoms with Crippen molar-refractivity contribution in [1.82, 2.24) is 71.0 Å². The van der Waals surface area contributed by atoms with E-state index >= 15 is 0 Å². The lowest BCUT2D eigenvalue weighted by Crippen LogP contribution is -2.60. The van der Waals surface area contributed by atoms with Crippen LogP contribution in [0.3, 0.4) is 0 Å². The molecular weight excluding hydrogens is 1020 g/mol. The first-order chi connectivity index (χ1) is 34.9. The number of hydrogen-bond acceptors (Lipinski definition) is 16. The average Bonchev–Trinajstić information content (AvgIpc) is 4.19. The maximum absolute atomic E-state index is 14.6. The fourth-order valence-electron chi connectivity index (χ4n) is 10.4. The molecule has 404 valence electrons. The highest BCUT2D eigenvalue weighted by atomic mass is 35.5. The smallest absolute Gasteiger partial charge is 0.399 e. The molecule has 2 saturated carbocycles. The van der Waals surface area contributed by atoms with Gasteiger partial charge in [-0.25, -0.2) is 18.7 Å². The highest BCUT2D eigenvalue weighted by Crippen LogP contribution is 2.45. The maximum atomic E-state index is 14.6. The lowest BCUT2D eigenvalue weighted by atomic mass is 9.79. The summed E-state index contributed by atoms with van der Waals surface area (Å²) in [6.45, 7) is 17.0. The fraction of sp³-hybridized carbons (Fsp3) is 0.542. The molecule has 4 aromatic heterocycles. The molecule has 18 nitrogen and oxygen atoms in total. The summed E-state index contributed by atoms with van der Waals surface area (Å²) in [5.41, 5.74) is 8.20. The molecule has 0 radical (unpaired) electrons. The first-order valence-electron chi connectivity index (χ1n) is 24.3. The molecule has 0 spiro atoms. The number of nitrogen functional groups attached to an aromatic ring is 1. The molecule has 0 bridgehead atoms. The van der Waals surface area contributed by atoms with Crippen LogP contribution in [0.4, 0.5) is 64.1 Å². The molecule has 7 N–H and O–H groups in total. The van der Waals surface area contributed by atoms with Crippen molar-refractivity contribution in [2.45, 2.75) is 165 Å². The topological polar surface area (TPSA) is 225 Å². The number of nitrogens with zero attached hydrogens (tertiary/aromatic N) is 12. The Labute approximate surface area is 432 Å². The third kappa shape index (κ3) is 14.1. The summed E-state index contributed by atoms with van der Waals surface area (Å²) in [7, 11) is 0. The van der Waals surface area contributed by atoms with Crippen molar-refractivity contribution in [2.75, 3.05) is 21.7 Å². The Balaban J connectivity index is 0.000000165. The third-order valence-electron chi connectivity index (χ3n) is 12.8. The zero-order chi connectivity index (χ0) is 54.5. The minimum Gasteiger partial charge on any atom is -0.399 e. The van der Waals surface area contributed by atoms with Gasteiger partial charge in [-0.15, -0.1) is 10.2 Å². The van der Waals surface area contributed by atoms with Crippen molar-refractivity contribution in [1.29, 1.82) is 0 Å². The number of hydrogen-bond donors (Lipinski definition) is 6. The Hall–Kier alpha value is -6.41. The number of benzene rings is 2. The third-order valence-corrected chi connectivity index (χ3v) is 13.0. The van der Waals surface area contributed by atoms with Crippen LogP contribution in [0.5, 0.6) is 0 Å². The minimum atomic E-state index is -4.72. The Morgan fingerprint density at radius 1 is 0.613 bits per heavy atom. The van der Waals surface area contributed by atoms with Gasteiger partial charge in [-0.05, 0) is 186 Å². The fourth-order valence-corrected chi connectivity index (χ4v) is 10.6. The second-order valence-electron chi connectivity index (χ2n) is 22.1. The van der Waals surface area contributed by atoms with Crippen molar-refractivity contribution >= 4 is 40.6 Å². The molecule has 2 aromatic carbocycles. The molecule has 27 heteroatoms. The standard InChI is InChI=1S/C24H29F4N9.C13H20ClFN4.C11H10F3N5/c1-22(2)10-15(11-23(3,4)34-22)30-19-17(25)12-29-21(32-19)31-14-7-8-16(13-5-6-13)18(9-14)37-20(24(26,27)28)33-35-36-37;1-12(2)5-8(6-13(3,4)19-12)17-10-9(15)7-16-11(14)18-10;12-11(13,14)10-16-17-18-19(10)9-5-7(15)3-4-8(9)6-1-2-6/h7-9,12-13,15,34H,5-6,10-11H2,1-4H3,(H2,29,30,31,32);7-8,19H,5-6H2,1-4H3,(H,16,17,18);3-6H,1-2,15H2. The Kier molecular flexibility index (Phi) is 15.1. The van der Waals surface area contributed by atoms with Crippen LogP contribution >= 0.6 is 11.6 Å². The summed E-state index contributed by atoms with van der Waals surface area (Å²) in [4.78, 5) is 15.9. The van der Waals surface area contributed by atoms with E-state index in [0.717, 1.165) is 74.9 Å². The van der Waals surface area contributed by atoms with Crippen LogP contribution in [0.2, 0.25) is 5.28 Å². The van der Waals surface area contributed by atoms with Crippen LogP contribution < -0.4 is 32.3 Å². The lowest BCUT2D eigenvalue weighted by molar-refractivity contribution is -0.147. The van der Waals surface area contributed by atoms with Gasteiger partial charge in [0.1, 0.15) is 0 Å². The second-order valence-corrected chi connectivity index (χ2v) is 22.4. The SMILES string of the molecule is CC1(C)CC(Nc2nc(Cl)ncc2F)CC(C)(C)N1.CC1(C)CC(Nc2nc(Nc3ccc(C4CC4)c(-n4nnnc4C(F)(F)F)c3)ncc2F)CC(C)(C)N1.Nc1ccc(C2CC2)c(-n2nnnc2C(F)(F)F)c1. The van der Waals surface area contributed by atoms with Gasteiger partial charge in [0.15, 0.2) is 23.3 Å². The number of anilines is 5. The quantitative estimate of drug-likeness (QED) is 0.0426. The first-order valence-corrected chi connectivity index (χ1v) is 24.7. The molecule has 6 aromatic rings. The summed E-state index contributed by atoms with van der Waals surface area (Å²) in [6.07, 6.45) is -0.180. The zero-order valence-corrected chi connectivity index (χ0v) is 43.2. The molecule has 0 unspecified atom stereocenters. The number of halogens is 9. The summed E-state index contributed by atoms with van der Waals surface area (Å²) in [5, 5.41) is 36.2. The molecule has 75 heavy (non-hydrogen) atoms. The molecule has 10 rings (SSSR count). The van der Waals surface area contributed by atoms with E-state index in [4.69, 9.17) is 17.3 Å². The van der Waals surface area contributed by atoms with E-state index in [9.17, 15) is 35.1 Å². The van der Waals surface area contributed by atoms with Gasteiger partial charge < -0.3 is 32.3 Å². The zero-order valence-electron chi connectivity index (χ0n) is 42.4.